The third-order valence-corrected chi connectivity index (χ3v) is 3.97. The molecule has 0 bridgehead atoms. The summed E-state index contributed by atoms with van der Waals surface area (Å²) >= 11 is 5.87. The van der Waals surface area contributed by atoms with E-state index < -0.39 is 0 Å². The highest BCUT2D eigenvalue weighted by atomic mass is 35.5. The van der Waals surface area contributed by atoms with E-state index in [1.807, 2.05) is 37.3 Å². The normalized spacial score (nSPS) is 11.1. The highest BCUT2D eigenvalue weighted by Gasteiger charge is 2.13. The molecule has 114 valence electrons. The first-order valence-electron chi connectivity index (χ1n) is 7.22. The first kappa shape index (κ1) is 14.9. The van der Waals surface area contributed by atoms with Crippen LogP contribution in [0.3, 0.4) is 0 Å². The zero-order valence-corrected chi connectivity index (χ0v) is 13.3. The van der Waals surface area contributed by atoms with Crippen molar-refractivity contribution in [3.8, 4) is 0 Å². The molecule has 0 saturated heterocycles. The van der Waals surface area contributed by atoms with Crippen LogP contribution in [0, 0.1) is 5.82 Å². The summed E-state index contributed by atoms with van der Waals surface area (Å²) in [7, 11) is 1.77. The van der Waals surface area contributed by atoms with Gasteiger partial charge in [-0.3, -0.25) is 4.68 Å². The molecule has 0 fully saturated rings. The van der Waals surface area contributed by atoms with Crippen molar-refractivity contribution in [1.29, 1.82) is 0 Å². The SMILES string of the molecule is CCc1nn(C)c2c(F)cc(NCc3ccc(Cl)cc3)cc12. The Labute approximate surface area is 133 Å². The van der Waals surface area contributed by atoms with Crippen LogP contribution in [-0.2, 0) is 20.0 Å². The average molecular weight is 318 g/mol. The van der Waals surface area contributed by atoms with Gasteiger partial charge < -0.3 is 5.32 Å². The molecule has 1 N–H and O–H groups in total. The molecule has 0 spiro atoms. The molecule has 22 heavy (non-hydrogen) atoms. The monoisotopic (exact) mass is 317 g/mol. The Balaban J connectivity index is 1.89. The maximum absolute atomic E-state index is 14.3. The number of hydrogen-bond donors (Lipinski definition) is 1. The van der Waals surface area contributed by atoms with Gasteiger partial charge in [0.05, 0.1) is 5.69 Å². The molecule has 3 aromatic rings. The van der Waals surface area contributed by atoms with Crippen molar-refractivity contribution in [1.82, 2.24) is 9.78 Å². The van der Waals surface area contributed by atoms with Crippen molar-refractivity contribution >= 4 is 28.2 Å². The summed E-state index contributed by atoms with van der Waals surface area (Å²) in [4.78, 5) is 0. The quantitative estimate of drug-likeness (QED) is 0.765. The average Bonchev–Trinajstić information content (AvgIpc) is 2.83. The summed E-state index contributed by atoms with van der Waals surface area (Å²) in [5, 5.41) is 9.20. The number of fused-ring (bicyclic) bond motifs is 1. The molecule has 0 atom stereocenters. The van der Waals surface area contributed by atoms with E-state index in [1.165, 1.54) is 6.07 Å². The van der Waals surface area contributed by atoms with Gasteiger partial charge in [-0.2, -0.15) is 5.10 Å². The fourth-order valence-corrected chi connectivity index (χ4v) is 2.73. The summed E-state index contributed by atoms with van der Waals surface area (Å²) in [5.74, 6) is -0.259. The third-order valence-electron chi connectivity index (χ3n) is 3.71. The Morgan fingerprint density at radius 1 is 1.23 bits per heavy atom. The minimum atomic E-state index is -0.259. The lowest BCUT2D eigenvalue weighted by molar-refractivity contribution is 0.625. The van der Waals surface area contributed by atoms with E-state index >= 15 is 0 Å². The van der Waals surface area contributed by atoms with Crippen molar-refractivity contribution in [3.63, 3.8) is 0 Å². The number of anilines is 1. The van der Waals surface area contributed by atoms with Gasteiger partial charge in [-0.15, -0.1) is 0 Å². The molecule has 0 aliphatic rings. The van der Waals surface area contributed by atoms with Crippen LogP contribution in [0.25, 0.3) is 10.9 Å². The van der Waals surface area contributed by atoms with E-state index in [9.17, 15) is 4.39 Å². The molecule has 0 radical (unpaired) electrons. The largest absolute Gasteiger partial charge is 0.381 e. The van der Waals surface area contributed by atoms with Gasteiger partial charge in [0.2, 0.25) is 0 Å². The Hall–Kier alpha value is -2.07. The number of aryl methyl sites for hydroxylation is 2. The van der Waals surface area contributed by atoms with Crippen LogP contribution >= 0.6 is 11.6 Å². The van der Waals surface area contributed by atoms with Crippen molar-refractivity contribution in [2.75, 3.05) is 5.32 Å². The highest BCUT2D eigenvalue weighted by molar-refractivity contribution is 6.30. The molecule has 2 aromatic carbocycles. The Kier molecular flexibility index (Phi) is 4.03. The highest BCUT2D eigenvalue weighted by Crippen LogP contribution is 2.26. The fraction of sp³-hybridized carbons (Fsp3) is 0.235. The van der Waals surface area contributed by atoms with Crippen LogP contribution in [0.1, 0.15) is 18.2 Å². The van der Waals surface area contributed by atoms with Gasteiger partial charge in [-0.1, -0.05) is 30.7 Å². The molecule has 0 unspecified atom stereocenters. The Morgan fingerprint density at radius 2 is 1.95 bits per heavy atom. The van der Waals surface area contributed by atoms with E-state index in [0.29, 0.717) is 17.1 Å². The van der Waals surface area contributed by atoms with Gasteiger partial charge in [0.15, 0.2) is 5.82 Å². The standard InChI is InChI=1S/C17H17ClFN3/c1-3-16-14-8-13(9-15(19)17(14)22(2)21-16)20-10-11-4-6-12(18)7-5-11/h4-9,20H,3,10H2,1-2H3. The van der Waals surface area contributed by atoms with Crippen molar-refractivity contribution in [2.45, 2.75) is 19.9 Å². The van der Waals surface area contributed by atoms with Gasteiger partial charge in [0.25, 0.3) is 0 Å². The summed E-state index contributed by atoms with van der Waals surface area (Å²) in [6, 6.07) is 11.1. The van der Waals surface area contributed by atoms with Gasteiger partial charge in [0, 0.05) is 29.7 Å². The lowest BCUT2D eigenvalue weighted by Crippen LogP contribution is -2.00. The minimum absolute atomic E-state index is 0.259. The first-order valence-corrected chi connectivity index (χ1v) is 7.59. The van der Waals surface area contributed by atoms with E-state index in [1.54, 1.807) is 11.7 Å². The molecule has 0 aliphatic heterocycles. The van der Waals surface area contributed by atoms with E-state index in [4.69, 9.17) is 11.6 Å². The molecule has 1 heterocycles. The molecule has 0 saturated carbocycles. The van der Waals surface area contributed by atoms with Crippen molar-refractivity contribution in [3.05, 3.63) is 58.5 Å². The van der Waals surface area contributed by atoms with Crippen LogP contribution in [-0.4, -0.2) is 9.78 Å². The second-order valence-electron chi connectivity index (χ2n) is 5.26. The number of halogens is 2. The van der Waals surface area contributed by atoms with E-state index in [0.717, 1.165) is 28.8 Å². The van der Waals surface area contributed by atoms with Gasteiger partial charge >= 0.3 is 0 Å². The van der Waals surface area contributed by atoms with Crippen LogP contribution in [0.4, 0.5) is 10.1 Å². The third kappa shape index (κ3) is 2.79. The predicted molar refractivity (Wildman–Crippen MR) is 88.8 cm³/mol. The van der Waals surface area contributed by atoms with Crippen LogP contribution < -0.4 is 5.32 Å². The van der Waals surface area contributed by atoms with Crippen LogP contribution in [0.5, 0.6) is 0 Å². The molecule has 5 heteroatoms. The number of rotatable bonds is 4. The molecule has 0 amide bonds. The van der Waals surface area contributed by atoms with Crippen LogP contribution in [0.15, 0.2) is 36.4 Å². The van der Waals surface area contributed by atoms with E-state index in [-0.39, 0.29) is 5.82 Å². The molecule has 0 aliphatic carbocycles. The second kappa shape index (κ2) is 5.97. The van der Waals surface area contributed by atoms with E-state index in [2.05, 4.69) is 10.4 Å². The predicted octanol–water partition coefficient (Wildman–Crippen LogP) is 4.54. The topological polar surface area (TPSA) is 29.9 Å². The number of hydrogen-bond acceptors (Lipinski definition) is 2. The number of benzene rings is 2. The summed E-state index contributed by atoms with van der Waals surface area (Å²) in [6.45, 7) is 2.64. The fourth-order valence-electron chi connectivity index (χ4n) is 2.60. The zero-order valence-electron chi connectivity index (χ0n) is 12.5. The van der Waals surface area contributed by atoms with Crippen LogP contribution in [0.2, 0.25) is 5.02 Å². The van der Waals surface area contributed by atoms with Crippen molar-refractivity contribution in [2.24, 2.45) is 7.05 Å². The molecular formula is C17H17ClFN3. The first-order chi connectivity index (χ1) is 10.6. The van der Waals surface area contributed by atoms with Gasteiger partial charge in [0.1, 0.15) is 5.52 Å². The molecule has 3 rings (SSSR count). The number of nitrogens with zero attached hydrogens (tertiary/aromatic N) is 2. The molecular weight excluding hydrogens is 301 g/mol. The zero-order chi connectivity index (χ0) is 15.7. The minimum Gasteiger partial charge on any atom is -0.381 e. The smallest absolute Gasteiger partial charge is 0.151 e. The second-order valence-corrected chi connectivity index (χ2v) is 5.69. The lowest BCUT2D eigenvalue weighted by atomic mass is 10.1. The summed E-state index contributed by atoms with van der Waals surface area (Å²) in [5.41, 5.74) is 3.30. The summed E-state index contributed by atoms with van der Waals surface area (Å²) < 4.78 is 15.9. The maximum Gasteiger partial charge on any atom is 0.151 e. The Morgan fingerprint density at radius 3 is 2.64 bits per heavy atom. The van der Waals surface area contributed by atoms with Gasteiger partial charge in [-0.05, 0) is 36.2 Å². The lowest BCUT2D eigenvalue weighted by Gasteiger charge is -2.08. The Bertz CT molecular complexity index is 809. The number of aromatic nitrogens is 2. The number of nitrogens with one attached hydrogen (secondary N) is 1. The molecule has 3 nitrogen and oxygen atoms in total. The maximum atomic E-state index is 14.3. The molecule has 1 aromatic heterocycles. The van der Waals surface area contributed by atoms with Gasteiger partial charge in [-0.25, -0.2) is 4.39 Å². The van der Waals surface area contributed by atoms with Crippen molar-refractivity contribution < 1.29 is 4.39 Å². The summed E-state index contributed by atoms with van der Waals surface area (Å²) in [6.07, 6.45) is 0.775.